The van der Waals surface area contributed by atoms with Gasteiger partial charge in [-0.2, -0.15) is 0 Å². The van der Waals surface area contributed by atoms with Crippen LogP contribution in [0.4, 0.5) is 17.6 Å². The first-order valence-corrected chi connectivity index (χ1v) is 9.78. The number of nitrogens with zero attached hydrogens (tertiary/aromatic N) is 1. The van der Waals surface area contributed by atoms with Gasteiger partial charge in [0, 0.05) is 30.1 Å². The Kier molecular flexibility index (Phi) is 7.44. The molecule has 0 spiro atoms. The zero-order valence-corrected chi connectivity index (χ0v) is 16.3. The lowest BCUT2D eigenvalue weighted by molar-refractivity contribution is -0.143. The van der Waals surface area contributed by atoms with Crippen molar-refractivity contribution in [3.05, 3.63) is 70.8 Å². The van der Waals surface area contributed by atoms with Crippen molar-refractivity contribution in [3.8, 4) is 0 Å². The standard InChI is InChI=1S/C22H23F4NO3/c23-15-3-5-20(25)17(10-15)19(18-11-16(24)4-6-21(18)26)13-30-9-8-27-7-1-2-14(12-27)22(28)29/h3-6,10-11,14,19H,1-2,7-9,12-13H2,(H,28,29)/t14-/m1/s1. The highest BCUT2D eigenvalue weighted by atomic mass is 19.1. The minimum Gasteiger partial charge on any atom is -0.481 e. The first kappa shape index (κ1) is 22.2. The number of halogens is 4. The van der Waals surface area contributed by atoms with Crippen LogP contribution in [0.2, 0.25) is 0 Å². The number of carbonyl (C=O) groups is 1. The second-order valence-electron chi connectivity index (χ2n) is 7.44. The quantitative estimate of drug-likeness (QED) is 0.509. The molecule has 8 heteroatoms. The van der Waals surface area contributed by atoms with Crippen LogP contribution >= 0.6 is 0 Å². The van der Waals surface area contributed by atoms with Gasteiger partial charge in [-0.3, -0.25) is 4.79 Å². The molecule has 0 saturated carbocycles. The molecule has 1 atom stereocenters. The summed E-state index contributed by atoms with van der Waals surface area (Å²) in [6, 6.07) is 5.69. The molecule has 0 unspecified atom stereocenters. The summed E-state index contributed by atoms with van der Waals surface area (Å²) >= 11 is 0. The van der Waals surface area contributed by atoms with E-state index in [0.717, 1.165) is 49.4 Å². The number of hydrogen-bond acceptors (Lipinski definition) is 3. The Bertz CT molecular complexity index is 841. The Morgan fingerprint density at radius 1 is 1.07 bits per heavy atom. The summed E-state index contributed by atoms with van der Waals surface area (Å²) in [7, 11) is 0. The third-order valence-corrected chi connectivity index (χ3v) is 5.36. The van der Waals surface area contributed by atoms with Crippen molar-refractivity contribution in [2.75, 3.05) is 32.8 Å². The molecule has 1 fully saturated rings. The predicted octanol–water partition coefficient (Wildman–Crippen LogP) is 4.19. The number of piperidine rings is 1. The van der Waals surface area contributed by atoms with Gasteiger partial charge in [-0.05, 0) is 55.8 Å². The number of ether oxygens (including phenoxy) is 1. The molecule has 0 aromatic heterocycles. The Morgan fingerprint density at radius 2 is 1.67 bits per heavy atom. The van der Waals surface area contributed by atoms with Crippen molar-refractivity contribution in [2.45, 2.75) is 18.8 Å². The van der Waals surface area contributed by atoms with Crippen LogP contribution in [0.1, 0.15) is 29.9 Å². The van der Waals surface area contributed by atoms with Crippen LogP contribution in [-0.4, -0.2) is 48.8 Å². The molecule has 1 saturated heterocycles. The van der Waals surface area contributed by atoms with Crippen molar-refractivity contribution in [3.63, 3.8) is 0 Å². The fraction of sp³-hybridized carbons (Fsp3) is 0.409. The zero-order valence-electron chi connectivity index (χ0n) is 16.3. The summed E-state index contributed by atoms with van der Waals surface area (Å²) in [5.74, 6) is -5.16. The number of carboxylic acids is 1. The second-order valence-corrected chi connectivity index (χ2v) is 7.44. The summed E-state index contributed by atoms with van der Waals surface area (Å²) in [4.78, 5) is 13.1. The molecule has 1 N–H and O–H groups in total. The first-order valence-electron chi connectivity index (χ1n) is 9.78. The van der Waals surface area contributed by atoms with Gasteiger partial charge in [0.05, 0.1) is 19.1 Å². The summed E-state index contributed by atoms with van der Waals surface area (Å²) in [5.41, 5.74) is -0.244. The molecule has 1 heterocycles. The smallest absolute Gasteiger partial charge is 0.307 e. The SMILES string of the molecule is O=C(O)[C@@H]1CCCN(CCOCC(c2cc(F)ccc2F)c2cc(F)ccc2F)C1. The monoisotopic (exact) mass is 425 g/mol. The van der Waals surface area contributed by atoms with E-state index in [1.54, 1.807) is 0 Å². The van der Waals surface area contributed by atoms with Crippen LogP contribution in [0.5, 0.6) is 0 Å². The fourth-order valence-corrected chi connectivity index (χ4v) is 3.77. The number of rotatable bonds is 8. The van der Waals surface area contributed by atoms with Crippen molar-refractivity contribution < 1.29 is 32.2 Å². The third kappa shape index (κ3) is 5.58. The lowest BCUT2D eigenvalue weighted by atomic mass is 9.91. The highest BCUT2D eigenvalue weighted by Gasteiger charge is 2.26. The highest BCUT2D eigenvalue weighted by Crippen LogP contribution is 2.30. The van der Waals surface area contributed by atoms with Crippen LogP contribution in [0.3, 0.4) is 0 Å². The maximum Gasteiger partial charge on any atom is 0.307 e. The molecule has 162 valence electrons. The Balaban J connectivity index is 1.70. The van der Waals surface area contributed by atoms with E-state index < -0.39 is 41.1 Å². The largest absolute Gasteiger partial charge is 0.481 e. The lowest BCUT2D eigenvalue weighted by Gasteiger charge is -2.30. The number of carboxylic acid groups (broad SMARTS) is 1. The van der Waals surface area contributed by atoms with Crippen molar-refractivity contribution in [2.24, 2.45) is 5.92 Å². The van der Waals surface area contributed by atoms with Crippen LogP contribution in [-0.2, 0) is 9.53 Å². The van der Waals surface area contributed by atoms with Gasteiger partial charge in [0.25, 0.3) is 0 Å². The molecule has 1 aliphatic heterocycles. The average Bonchev–Trinajstić information content (AvgIpc) is 2.72. The third-order valence-electron chi connectivity index (χ3n) is 5.36. The molecule has 4 nitrogen and oxygen atoms in total. The molecule has 0 amide bonds. The minimum atomic E-state index is -1.04. The van der Waals surface area contributed by atoms with Crippen LogP contribution in [0.25, 0.3) is 0 Å². The van der Waals surface area contributed by atoms with E-state index >= 15 is 0 Å². The van der Waals surface area contributed by atoms with Crippen LogP contribution in [0, 0.1) is 29.2 Å². The predicted molar refractivity (Wildman–Crippen MR) is 102 cm³/mol. The molecule has 0 bridgehead atoms. The summed E-state index contributed by atoms with van der Waals surface area (Å²) in [6.45, 7) is 1.62. The maximum atomic E-state index is 14.4. The van der Waals surface area contributed by atoms with E-state index in [9.17, 15) is 22.4 Å². The number of benzene rings is 2. The van der Waals surface area contributed by atoms with E-state index in [1.165, 1.54) is 0 Å². The molecule has 2 aromatic carbocycles. The van der Waals surface area contributed by atoms with E-state index in [4.69, 9.17) is 9.84 Å². The van der Waals surface area contributed by atoms with Gasteiger partial charge in [-0.15, -0.1) is 0 Å². The molecular formula is C22H23F4NO3. The average molecular weight is 425 g/mol. The van der Waals surface area contributed by atoms with Gasteiger partial charge in [-0.25, -0.2) is 17.6 Å². The molecule has 30 heavy (non-hydrogen) atoms. The Labute approximate surface area is 172 Å². The van der Waals surface area contributed by atoms with Crippen molar-refractivity contribution in [1.82, 2.24) is 4.90 Å². The van der Waals surface area contributed by atoms with E-state index in [-0.39, 0.29) is 24.3 Å². The fourth-order valence-electron chi connectivity index (χ4n) is 3.77. The molecule has 2 aromatic rings. The lowest BCUT2D eigenvalue weighted by Crippen LogP contribution is -2.40. The highest BCUT2D eigenvalue weighted by molar-refractivity contribution is 5.70. The van der Waals surface area contributed by atoms with Gasteiger partial charge in [0.15, 0.2) is 0 Å². The molecule has 1 aliphatic rings. The first-order chi connectivity index (χ1) is 14.3. The summed E-state index contributed by atoms with van der Waals surface area (Å²) in [5, 5.41) is 9.16. The zero-order chi connectivity index (χ0) is 21.7. The number of likely N-dealkylation sites (tertiary alicyclic amines) is 1. The molecular weight excluding hydrogens is 402 g/mol. The van der Waals surface area contributed by atoms with Gasteiger partial charge < -0.3 is 14.7 Å². The van der Waals surface area contributed by atoms with Gasteiger partial charge in [0.1, 0.15) is 23.3 Å². The summed E-state index contributed by atoms with van der Waals surface area (Å²) in [6.07, 6.45) is 1.40. The van der Waals surface area contributed by atoms with Crippen LogP contribution < -0.4 is 0 Å². The van der Waals surface area contributed by atoms with E-state index in [0.29, 0.717) is 19.5 Å². The van der Waals surface area contributed by atoms with Crippen LogP contribution in [0.15, 0.2) is 36.4 Å². The molecule has 0 radical (unpaired) electrons. The minimum absolute atomic E-state index is 0.122. The maximum absolute atomic E-state index is 14.4. The van der Waals surface area contributed by atoms with Gasteiger partial charge in [-0.1, -0.05) is 0 Å². The number of aliphatic carboxylic acids is 1. The Morgan fingerprint density at radius 3 is 2.23 bits per heavy atom. The van der Waals surface area contributed by atoms with Gasteiger partial charge >= 0.3 is 5.97 Å². The molecule has 3 rings (SSSR count). The molecule has 0 aliphatic carbocycles. The second kappa shape index (κ2) is 10.0. The normalized spacial score (nSPS) is 17.4. The van der Waals surface area contributed by atoms with Crippen molar-refractivity contribution >= 4 is 5.97 Å². The van der Waals surface area contributed by atoms with Crippen molar-refractivity contribution in [1.29, 1.82) is 0 Å². The number of hydrogen-bond donors (Lipinski definition) is 1. The topological polar surface area (TPSA) is 49.8 Å². The van der Waals surface area contributed by atoms with Gasteiger partial charge in [0.2, 0.25) is 0 Å². The Hall–Kier alpha value is -2.45. The van der Waals surface area contributed by atoms with E-state index in [1.807, 2.05) is 4.90 Å². The summed E-state index contributed by atoms with van der Waals surface area (Å²) < 4.78 is 61.7. The van der Waals surface area contributed by atoms with E-state index in [2.05, 4.69) is 0 Å².